The standard InChI is InChI=1S/C24H29N5O2S/c1-17-15-18(2)27-24(26-17)28-13-10-21(11-14-28)29(16-19-8-9-19)32(30,31)22-7-3-5-20-6-4-12-25-23(20)22/h3-7,12,15,19,21H,8-11,13-14,16H2,1-2H3. The number of sulfonamides is 1. The Morgan fingerprint density at radius 3 is 2.38 bits per heavy atom. The molecule has 0 radical (unpaired) electrons. The summed E-state index contributed by atoms with van der Waals surface area (Å²) in [6.07, 6.45) is 5.40. The van der Waals surface area contributed by atoms with Gasteiger partial charge in [-0.1, -0.05) is 18.2 Å². The molecule has 32 heavy (non-hydrogen) atoms. The highest BCUT2D eigenvalue weighted by Gasteiger charge is 2.38. The van der Waals surface area contributed by atoms with Gasteiger partial charge in [-0.25, -0.2) is 18.4 Å². The molecule has 1 aliphatic heterocycles. The molecule has 0 amide bonds. The number of pyridine rings is 1. The minimum absolute atomic E-state index is 0.0262. The first kappa shape index (κ1) is 21.3. The SMILES string of the molecule is Cc1cc(C)nc(N2CCC(N(CC3CC3)S(=O)(=O)c3cccc4cccnc34)CC2)n1. The van der Waals surface area contributed by atoms with E-state index in [0.29, 0.717) is 22.9 Å². The molecule has 0 unspecified atom stereocenters. The Morgan fingerprint density at radius 1 is 1.00 bits per heavy atom. The summed E-state index contributed by atoms with van der Waals surface area (Å²) in [6, 6.07) is 11.1. The number of piperidine rings is 1. The third kappa shape index (κ3) is 4.21. The first-order valence-electron chi connectivity index (χ1n) is 11.3. The summed E-state index contributed by atoms with van der Waals surface area (Å²) < 4.78 is 29.6. The molecule has 7 nitrogen and oxygen atoms in total. The first-order valence-corrected chi connectivity index (χ1v) is 12.8. The van der Waals surface area contributed by atoms with E-state index in [1.165, 1.54) is 0 Å². The summed E-state index contributed by atoms with van der Waals surface area (Å²) in [5.74, 6) is 1.21. The molecule has 1 aromatic carbocycles. The molecule has 8 heteroatoms. The van der Waals surface area contributed by atoms with E-state index in [9.17, 15) is 8.42 Å². The number of aryl methyl sites for hydroxylation is 2. The Labute approximate surface area is 189 Å². The number of aromatic nitrogens is 3. The lowest BCUT2D eigenvalue weighted by Gasteiger charge is -2.38. The molecule has 1 saturated carbocycles. The molecule has 5 rings (SSSR count). The molecule has 168 valence electrons. The van der Waals surface area contributed by atoms with E-state index < -0.39 is 10.0 Å². The highest BCUT2D eigenvalue weighted by atomic mass is 32.2. The number of rotatable bonds is 6. The van der Waals surface area contributed by atoms with Crippen molar-refractivity contribution in [1.82, 2.24) is 19.3 Å². The van der Waals surface area contributed by atoms with Crippen LogP contribution in [-0.2, 0) is 10.0 Å². The van der Waals surface area contributed by atoms with Crippen LogP contribution in [0.25, 0.3) is 10.9 Å². The van der Waals surface area contributed by atoms with Gasteiger partial charge < -0.3 is 4.90 Å². The number of para-hydroxylation sites is 1. The van der Waals surface area contributed by atoms with Gasteiger partial charge in [-0.05, 0) is 63.6 Å². The van der Waals surface area contributed by atoms with E-state index in [4.69, 9.17) is 0 Å². The van der Waals surface area contributed by atoms with Crippen LogP contribution in [0, 0.1) is 19.8 Å². The Balaban J connectivity index is 1.42. The Kier molecular flexibility index (Phi) is 5.59. The maximum absolute atomic E-state index is 13.9. The van der Waals surface area contributed by atoms with E-state index in [0.717, 1.165) is 61.5 Å². The van der Waals surface area contributed by atoms with Crippen molar-refractivity contribution in [2.45, 2.75) is 50.5 Å². The number of hydrogen-bond donors (Lipinski definition) is 0. The van der Waals surface area contributed by atoms with Gasteiger partial charge in [0.05, 0.1) is 5.52 Å². The zero-order valence-electron chi connectivity index (χ0n) is 18.6. The summed E-state index contributed by atoms with van der Waals surface area (Å²) in [7, 11) is -3.66. The fourth-order valence-electron chi connectivity index (χ4n) is 4.61. The summed E-state index contributed by atoms with van der Waals surface area (Å²) in [4.78, 5) is 16.1. The van der Waals surface area contributed by atoms with Crippen LogP contribution in [0.4, 0.5) is 5.95 Å². The van der Waals surface area contributed by atoms with Crippen molar-refractivity contribution in [2.24, 2.45) is 5.92 Å². The topological polar surface area (TPSA) is 79.3 Å². The maximum atomic E-state index is 13.9. The van der Waals surface area contributed by atoms with Gasteiger partial charge in [-0.15, -0.1) is 0 Å². The Morgan fingerprint density at radius 2 is 1.69 bits per heavy atom. The lowest BCUT2D eigenvalue weighted by molar-refractivity contribution is 0.266. The van der Waals surface area contributed by atoms with E-state index in [2.05, 4.69) is 19.9 Å². The largest absolute Gasteiger partial charge is 0.341 e. The average Bonchev–Trinajstić information content (AvgIpc) is 3.61. The smallest absolute Gasteiger partial charge is 0.245 e. The third-order valence-electron chi connectivity index (χ3n) is 6.44. The van der Waals surface area contributed by atoms with Crippen LogP contribution in [0.2, 0.25) is 0 Å². The quantitative estimate of drug-likeness (QED) is 0.568. The lowest BCUT2D eigenvalue weighted by Crippen LogP contribution is -2.48. The monoisotopic (exact) mass is 451 g/mol. The van der Waals surface area contributed by atoms with E-state index in [1.54, 1.807) is 16.6 Å². The van der Waals surface area contributed by atoms with Crippen LogP contribution in [0.5, 0.6) is 0 Å². The highest BCUT2D eigenvalue weighted by molar-refractivity contribution is 7.89. The second-order valence-electron chi connectivity index (χ2n) is 9.02. The van der Waals surface area contributed by atoms with Crippen LogP contribution in [0.1, 0.15) is 37.1 Å². The van der Waals surface area contributed by atoms with Crippen molar-refractivity contribution in [1.29, 1.82) is 0 Å². The summed E-state index contributed by atoms with van der Waals surface area (Å²) in [6.45, 7) is 6.05. The zero-order valence-corrected chi connectivity index (χ0v) is 19.4. The summed E-state index contributed by atoms with van der Waals surface area (Å²) >= 11 is 0. The van der Waals surface area contributed by atoms with Gasteiger partial charge in [-0.2, -0.15) is 4.31 Å². The first-order chi connectivity index (χ1) is 15.4. The van der Waals surface area contributed by atoms with Crippen LogP contribution in [0.3, 0.4) is 0 Å². The zero-order chi connectivity index (χ0) is 22.3. The Hall–Kier alpha value is -2.58. The summed E-state index contributed by atoms with van der Waals surface area (Å²) in [5.41, 5.74) is 2.46. The molecule has 3 aromatic rings. The van der Waals surface area contributed by atoms with Gasteiger partial charge >= 0.3 is 0 Å². The van der Waals surface area contributed by atoms with E-state index in [-0.39, 0.29) is 6.04 Å². The molecule has 3 heterocycles. The second kappa shape index (κ2) is 8.41. The van der Waals surface area contributed by atoms with Gasteiger partial charge in [-0.3, -0.25) is 4.98 Å². The van der Waals surface area contributed by atoms with Crippen LogP contribution < -0.4 is 4.90 Å². The predicted molar refractivity (Wildman–Crippen MR) is 125 cm³/mol. The fourth-order valence-corrected chi connectivity index (χ4v) is 6.54. The molecule has 0 atom stereocenters. The van der Waals surface area contributed by atoms with Gasteiger partial charge in [0, 0.05) is 48.6 Å². The normalized spacial score (nSPS) is 17.9. The van der Waals surface area contributed by atoms with Gasteiger partial charge in [0.2, 0.25) is 16.0 Å². The molecule has 0 bridgehead atoms. The van der Waals surface area contributed by atoms with Crippen LogP contribution >= 0.6 is 0 Å². The number of anilines is 1. The summed E-state index contributed by atoms with van der Waals surface area (Å²) in [5, 5.41) is 0.849. The molecule has 2 aromatic heterocycles. The van der Waals surface area contributed by atoms with Gasteiger partial charge in [0.1, 0.15) is 4.90 Å². The third-order valence-corrected chi connectivity index (χ3v) is 8.39. The molecule has 1 saturated heterocycles. The number of fused-ring (bicyclic) bond motifs is 1. The minimum atomic E-state index is -3.66. The molecule has 2 fully saturated rings. The molecule has 2 aliphatic rings. The van der Waals surface area contributed by atoms with Crippen molar-refractivity contribution in [2.75, 3.05) is 24.5 Å². The van der Waals surface area contributed by atoms with Crippen molar-refractivity contribution in [3.63, 3.8) is 0 Å². The highest BCUT2D eigenvalue weighted by Crippen LogP contribution is 2.35. The number of benzene rings is 1. The fraction of sp³-hybridized carbons (Fsp3) is 0.458. The number of nitrogens with zero attached hydrogens (tertiary/aromatic N) is 5. The molecular formula is C24H29N5O2S. The lowest BCUT2D eigenvalue weighted by atomic mass is 10.1. The van der Waals surface area contributed by atoms with E-state index >= 15 is 0 Å². The van der Waals surface area contributed by atoms with Crippen molar-refractivity contribution in [3.8, 4) is 0 Å². The van der Waals surface area contributed by atoms with Crippen molar-refractivity contribution >= 4 is 26.9 Å². The van der Waals surface area contributed by atoms with Crippen LogP contribution in [-0.4, -0.2) is 53.4 Å². The minimum Gasteiger partial charge on any atom is -0.341 e. The molecule has 1 aliphatic carbocycles. The predicted octanol–water partition coefficient (Wildman–Crippen LogP) is 3.71. The molecule has 0 spiro atoms. The second-order valence-corrected chi connectivity index (χ2v) is 10.9. The van der Waals surface area contributed by atoms with E-state index in [1.807, 2.05) is 44.2 Å². The average molecular weight is 452 g/mol. The van der Waals surface area contributed by atoms with Gasteiger partial charge in [0.25, 0.3) is 0 Å². The number of hydrogen-bond acceptors (Lipinski definition) is 6. The van der Waals surface area contributed by atoms with Crippen molar-refractivity contribution in [3.05, 3.63) is 54.0 Å². The maximum Gasteiger partial charge on any atom is 0.245 e. The molecule has 0 N–H and O–H groups in total. The van der Waals surface area contributed by atoms with Crippen LogP contribution in [0.15, 0.2) is 47.5 Å². The van der Waals surface area contributed by atoms with Gasteiger partial charge in [0.15, 0.2) is 0 Å². The van der Waals surface area contributed by atoms with Crippen molar-refractivity contribution < 1.29 is 8.42 Å². The Bertz CT molecular complexity index is 1210. The molecular weight excluding hydrogens is 422 g/mol.